The highest BCUT2D eigenvalue weighted by molar-refractivity contribution is 5.94. The first-order valence-electron chi connectivity index (χ1n) is 9.32. The second kappa shape index (κ2) is 9.71. The van der Waals surface area contributed by atoms with Crippen molar-refractivity contribution in [2.24, 2.45) is 5.92 Å². The molecule has 1 fully saturated rings. The molecule has 1 aromatic carbocycles. The zero-order valence-corrected chi connectivity index (χ0v) is 14.8. The maximum atomic E-state index is 12.3. The molecular formula is C20H32N2O. The number of benzene rings is 1. The third kappa shape index (κ3) is 5.98. The number of carbonyl (C=O) groups is 1. The fraction of sp³-hybridized carbons (Fsp3) is 0.650. The molecule has 3 nitrogen and oxygen atoms in total. The van der Waals surface area contributed by atoms with Crippen LogP contribution in [-0.2, 0) is 6.54 Å². The van der Waals surface area contributed by atoms with Gasteiger partial charge < -0.3 is 5.32 Å². The van der Waals surface area contributed by atoms with Gasteiger partial charge >= 0.3 is 0 Å². The zero-order valence-electron chi connectivity index (χ0n) is 14.8. The van der Waals surface area contributed by atoms with E-state index in [9.17, 15) is 4.79 Å². The van der Waals surface area contributed by atoms with Gasteiger partial charge in [-0.2, -0.15) is 0 Å². The minimum Gasteiger partial charge on any atom is -0.352 e. The third-order valence-electron chi connectivity index (χ3n) is 4.92. The topological polar surface area (TPSA) is 32.3 Å². The monoisotopic (exact) mass is 316 g/mol. The Balaban J connectivity index is 1.79. The van der Waals surface area contributed by atoms with Crippen LogP contribution in [0.25, 0.3) is 0 Å². The van der Waals surface area contributed by atoms with E-state index in [4.69, 9.17) is 0 Å². The van der Waals surface area contributed by atoms with Crippen molar-refractivity contribution in [1.82, 2.24) is 10.2 Å². The molecule has 1 aliphatic rings. The molecule has 0 aliphatic carbocycles. The number of hydrogen-bond acceptors (Lipinski definition) is 2. The molecule has 1 atom stereocenters. The molecule has 2 rings (SSSR count). The highest BCUT2D eigenvalue weighted by Crippen LogP contribution is 2.14. The molecular weight excluding hydrogens is 284 g/mol. The van der Waals surface area contributed by atoms with Crippen molar-refractivity contribution in [3.05, 3.63) is 35.4 Å². The summed E-state index contributed by atoms with van der Waals surface area (Å²) in [5, 5.41) is 3.10. The highest BCUT2D eigenvalue weighted by atomic mass is 16.1. The number of nitrogens with one attached hydrogen (secondary N) is 1. The maximum Gasteiger partial charge on any atom is 0.251 e. The molecule has 0 aromatic heterocycles. The van der Waals surface area contributed by atoms with Crippen molar-refractivity contribution in [2.75, 3.05) is 19.6 Å². The molecule has 0 saturated carbocycles. The fourth-order valence-electron chi connectivity index (χ4n) is 3.24. The molecule has 1 unspecified atom stereocenters. The van der Waals surface area contributed by atoms with E-state index in [1.807, 2.05) is 12.1 Å². The third-order valence-corrected chi connectivity index (χ3v) is 4.92. The summed E-state index contributed by atoms with van der Waals surface area (Å²) >= 11 is 0. The van der Waals surface area contributed by atoms with Gasteiger partial charge in [0.15, 0.2) is 0 Å². The predicted octanol–water partition coefficient (Wildman–Crippen LogP) is 4.23. The van der Waals surface area contributed by atoms with Crippen molar-refractivity contribution in [3.63, 3.8) is 0 Å². The van der Waals surface area contributed by atoms with E-state index in [0.29, 0.717) is 5.92 Å². The van der Waals surface area contributed by atoms with E-state index in [0.717, 1.165) is 25.1 Å². The molecule has 1 amide bonds. The van der Waals surface area contributed by atoms with Gasteiger partial charge in [-0.3, -0.25) is 9.69 Å². The average molecular weight is 316 g/mol. The number of hydrogen-bond donors (Lipinski definition) is 1. The van der Waals surface area contributed by atoms with E-state index in [-0.39, 0.29) is 5.91 Å². The van der Waals surface area contributed by atoms with E-state index in [1.54, 1.807) is 0 Å². The Labute approximate surface area is 141 Å². The van der Waals surface area contributed by atoms with Crippen LogP contribution < -0.4 is 5.32 Å². The molecule has 1 heterocycles. The first-order chi connectivity index (χ1) is 11.2. The Morgan fingerprint density at radius 1 is 1.17 bits per heavy atom. The largest absolute Gasteiger partial charge is 0.352 e. The standard InChI is InChI=1S/C20H32N2O/c1-3-5-8-17(4-2)15-21-20(23)19-11-9-18(10-12-19)16-22-13-6-7-14-22/h9-12,17H,3-8,13-16H2,1-2H3,(H,21,23). The van der Waals surface area contributed by atoms with Crippen molar-refractivity contribution in [3.8, 4) is 0 Å². The van der Waals surface area contributed by atoms with Gasteiger partial charge in [0.05, 0.1) is 0 Å². The second-order valence-electron chi connectivity index (χ2n) is 6.81. The molecule has 23 heavy (non-hydrogen) atoms. The van der Waals surface area contributed by atoms with E-state index in [2.05, 4.69) is 36.2 Å². The highest BCUT2D eigenvalue weighted by Gasteiger charge is 2.13. The van der Waals surface area contributed by atoms with Crippen LogP contribution in [0.15, 0.2) is 24.3 Å². The molecule has 1 aromatic rings. The lowest BCUT2D eigenvalue weighted by Crippen LogP contribution is -2.29. The number of amides is 1. The van der Waals surface area contributed by atoms with Crippen LogP contribution in [0.2, 0.25) is 0 Å². The summed E-state index contributed by atoms with van der Waals surface area (Å²) in [5.74, 6) is 0.668. The normalized spacial score (nSPS) is 16.4. The minimum absolute atomic E-state index is 0.0627. The van der Waals surface area contributed by atoms with Crippen LogP contribution in [0, 0.1) is 5.92 Å². The summed E-state index contributed by atoms with van der Waals surface area (Å²) in [6, 6.07) is 8.13. The summed E-state index contributed by atoms with van der Waals surface area (Å²) in [5.41, 5.74) is 2.08. The molecule has 0 bridgehead atoms. The second-order valence-corrected chi connectivity index (χ2v) is 6.81. The summed E-state index contributed by atoms with van der Waals surface area (Å²) in [7, 11) is 0. The summed E-state index contributed by atoms with van der Waals surface area (Å²) in [6.07, 6.45) is 7.45. The van der Waals surface area contributed by atoms with Gasteiger partial charge in [-0.1, -0.05) is 45.2 Å². The van der Waals surface area contributed by atoms with Crippen LogP contribution in [0.3, 0.4) is 0 Å². The molecule has 128 valence electrons. The van der Waals surface area contributed by atoms with Crippen molar-refractivity contribution < 1.29 is 4.79 Å². The molecule has 1 aliphatic heterocycles. The SMILES string of the molecule is CCCCC(CC)CNC(=O)c1ccc(CN2CCCC2)cc1. The number of carbonyl (C=O) groups excluding carboxylic acids is 1. The maximum absolute atomic E-state index is 12.3. The molecule has 1 N–H and O–H groups in total. The van der Waals surface area contributed by atoms with Gasteiger partial charge in [-0.15, -0.1) is 0 Å². The number of likely N-dealkylation sites (tertiary alicyclic amines) is 1. The molecule has 3 heteroatoms. The first kappa shape index (κ1) is 18.0. The quantitative estimate of drug-likeness (QED) is 0.739. The van der Waals surface area contributed by atoms with Gasteiger partial charge in [0.25, 0.3) is 5.91 Å². The van der Waals surface area contributed by atoms with Crippen molar-refractivity contribution in [2.45, 2.75) is 58.9 Å². The van der Waals surface area contributed by atoms with Crippen molar-refractivity contribution >= 4 is 5.91 Å². The fourth-order valence-corrected chi connectivity index (χ4v) is 3.24. The summed E-state index contributed by atoms with van der Waals surface area (Å²) in [6.45, 7) is 8.65. The predicted molar refractivity (Wildman–Crippen MR) is 96.6 cm³/mol. The summed E-state index contributed by atoms with van der Waals surface area (Å²) < 4.78 is 0. The number of nitrogens with zero attached hydrogens (tertiary/aromatic N) is 1. The van der Waals surface area contributed by atoms with E-state index < -0.39 is 0 Å². The average Bonchev–Trinajstić information content (AvgIpc) is 3.08. The van der Waals surface area contributed by atoms with Crippen LogP contribution >= 0.6 is 0 Å². The van der Waals surface area contributed by atoms with E-state index in [1.165, 1.54) is 50.8 Å². The van der Waals surface area contributed by atoms with Crippen LogP contribution in [0.4, 0.5) is 0 Å². The lowest BCUT2D eigenvalue weighted by molar-refractivity contribution is 0.0946. The van der Waals surface area contributed by atoms with Crippen LogP contribution in [0.1, 0.15) is 68.3 Å². The van der Waals surface area contributed by atoms with Crippen LogP contribution in [0.5, 0.6) is 0 Å². The minimum atomic E-state index is 0.0627. The van der Waals surface area contributed by atoms with Crippen molar-refractivity contribution in [1.29, 1.82) is 0 Å². The lowest BCUT2D eigenvalue weighted by atomic mass is 9.99. The molecule has 0 radical (unpaired) electrons. The Morgan fingerprint density at radius 2 is 1.87 bits per heavy atom. The van der Waals surface area contributed by atoms with Gasteiger partial charge in [0.2, 0.25) is 0 Å². The van der Waals surface area contributed by atoms with Crippen LogP contribution in [-0.4, -0.2) is 30.4 Å². The Kier molecular flexibility index (Phi) is 7.60. The van der Waals surface area contributed by atoms with E-state index >= 15 is 0 Å². The Bertz CT molecular complexity index is 463. The smallest absolute Gasteiger partial charge is 0.251 e. The van der Waals surface area contributed by atoms with Gasteiger partial charge in [-0.25, -0.2) is 0 Å². The zero-order chi connectivity index (χ0) is 16.5. The van der Waals surface area contributed by atoms with Gasteiger partial charge in [0.1, 0.15) is 0 Å². The Hall–Kier alpha value is -1.35. The molecule has 0 spiro atoms. The lowest BCUT2D eigenvalue weighted by Gasteiger charge is -2.16. The number of unbranched alkanes of at least 4 members (excludes halogenated alkanes) is 1. The first-order valence-corrected chi connectivity index (χ1v) is 9.32. The number of rotatable bonds is 9. The molecule has 1 saturated heterocycles. The Morgan fingerprint density at radius 3 is 2.48 bits per heavy atom. The van der Waals surface area contributed by atoms with Gasteiger partial charge in [-0.05, 0) is 56.0 Å². The summed E-state index contributed by atoms with van der Waals surface area (Å²) in [4.78, 5) is 14.8. The van der Waals surface area contributed by atoms with Gasteiger partial charge in [0, 0.05) is 18.7 Å².